The quantitative estimate of drug-likeness (QED) is 0.717. The molecule has 1 N–H and O–H groups in total. The minimum Gasteiger partial charge on any atom is -0.481 e. The molecule has 0 fully saturated rings. The molecule has 118 valence electrons. The second kappa shape index (κ2) is 9.39. The average Bonchev–Trinajstić information content (AvgIpc) is 2.42. The molecule has 0 bridgehead atoms. The summed E-state index contributed by atoms with van der Waals surface area (Å²) in [6.45, 7) is 4.80. The van der Waals surface area contributed by atoms with Crippen molar-refractivity contribution in [2.24, 2.45) is 5.92 Å². The fourth-order valence-corrected chi connectivity index (χ4v) is 2.90. The molecule has 1 atom stereocenters. The van der Waals surface area contributed by atoms with Crippen LogP contribution in [0, 0.1) is 5.92 Å². The van der Waals surface area contributed by atoms with Crippen LogP contribution in [0.5, 0.6) is 5.75 Å². The topological polar surface area (TPSA) is 38.3 Å². The molecule has 21 heavy (non-hydrogen) atoms. The molecule has 0 aliphatic heterocycles. The zero-order valence-electron chi connectivity index (χ0n) is 12.2. The van der Waals surface area contributed by atoms with Crippen LogP contribution in [0.3, 0.4) is 0 Å². The number of nitrogens with one attached hydrogen (secondary N) is 1. The molecule has 1 amide bonds. The Morgan fingerprint density at radius 1 is 1.24 bits per heavy atom. The van der Waals surface area contributed by atoms with Gasteiger partial charge in [-0.25, -0.2) is 0 Å². The third kappa shape index (κ3) is 6.33. The predicted octanol–water partition coefficient (Wildman–Crippen LogP) is 4.97. The minimum absolute atomic E-state index is 0.121. The van der Waals surface area contributed by atoms with Crippen LogP contribution >= 0.6 is 34.8 Å². The second-order valence-corrected chi connectivity index (χ2v) is 6.11. The van der Waals surface area contributed by atoms with E-state index in [1.54, 1.807) is 0 Å². The molecule has 0 saturated carbocycles. The van der Waals surface area contributed by atoms with Gasteiger partial charge >= 0.3 is 0 Å². The summed E-state index contributed by atoms with van der Waals surface area (Å²) in [5.41, 5.74) is 0. The molecule has 0 heterocycles. The lowest BCUT2D eigenvalue weighted by atomic mass is 10.0. The second-order valence-electron chi connectivity index (χ2n) is 4.85. The smallest absolute Gasteiger partial charge is 0.257 e. The zero-order valence-corrected chi connectivity index (χ0v) is 14.5. The first-order valence-corrected chi connectivity index (χ1v) is 8.15. The van der Waals surface area contributed by atoms with Gasteiger partial charge in [0, 0.05) is 11.6 Å². The van der Waals surface area contributed by atoms with E-state index in [-0.39, 0.29) is 28.3 Å². The number of hydrogen-bond acceptors (Lipinski definition) is 2. The molecule has 0 spiro atoms. The van der Waals surface area contributed by atoms with Gasteiger partial charge in [-0.3, -0.25) is 4.79 Å². The molecule has 0 aliphatic carbocycles. The molecule has 1 aromatic rings. The number of amides is 1. The van der Waals surface area contributed by atoms with E-state index < -0.39 is 0 Å². The third-order valence-corrected chi connectivity index (χ3v) is 3.95. The molecule has 0 aromatic heterocycles. The number of ether oxygens (including phenoxy) is 1. The lowest BCUT2D eigenvalue weighted by molar-refractivity contribution is -0.123. The lowest BCUT2D eigenvalue weighted by Crippen LogP contribution is -2.33. The van der Waals surface area contributed by atoms with Crippen LogP contribution < -0.4 is 10.1 Å². The largest absolute Gasteiger partial charge is 0.481 e. The van der Waals surface area contributed by atoms with E-state index in [9.17, 15) is 4.79 Å². The Morgan fingerprint density at radius 2 is 1.86 bits per heavy atom. The van der Waals surface area contributed by atoms with Crippen molar-refractivity contribution in [2.45, 2.75) is 33.1 Å². The van der Waals surface area contributed by atoms with E-state index >= 15 is 0 Å². The van der Waals surface area contributed by atoms with E-state index in [1.807, 2.05) is 0 Å². The summed E-state index contributed by atoms with van der Waals surface area (Å²) in [6.07, 6.45) is 3.26. The molecule has 0 radical (unpaired) electrons. The fraction of sp³-hybridized carbons (Fsp3) is 0.533. The van der Waals surface area contributed by atoms with Gasteiger partial charge in [-0.05, 0) is 24.5 Å². The third-order valence-electron chi connectivity index (χ3n) is 3.17. The van der Waals surface area contributed by atoms with Gasteiger partial charge in [0.25, 0.3) is 5.91 Å². The van der Waals surface area contributed by atoms with Crippen LogP contribution in [0.2, 0.25) is 15.1 Å². The molecule has 1 rings (SSSR count). The van der Waals surface area contributed by atoms with Gasteiger partial charge in [-0.2, -0.15) is 0 Å². The average molecular weight is 353 g/mol. The van der Waals surface area contributed by atoms with Crippen LogP contribution in [0.15, 0.2) is 12.1 Å². The Morgan fingerprint density at radius 3 is 2.38 bits per heavy atom. The Hall–Kier alpha value is -0.640. The molecule has 6 heteroatoms. The predicted molar refractivity (Wildman–Crippen MR) is 88.7 cm³/mol. The van der Waals surface area contributed by atoms with E-state index in [0.29, 0.717) is 17.5 Å². The Balaban J connectivity index is 2.47. The maximum atomic E-state index is 11.8. The van der Waals surface area contributed by atoms with Crippen LogP contribution in [0.4, 0.5) is 0 Å². The van der Waals surface area contributed by atoms with Gasteiger partial charge in [-0.15, -0.1) is 0 Å². The highest BCUT2D eigenvalue weighted by Gasteiger charge is 2.12. The number of halogens is 3. The van der Waals surface area contributed by atoms with Crippen molar-refractivity contribution >= 4 is 40.7 Å². The molecule has 1 unspecified atom stereocenters. The van der Waals surface area contributed by atoms with Crippen LogP contribution in [0.1, 0.15) is 33.1 Å². The summed E-state index contributed by atoms with van der Waals surface area (Å²) in [6, 6.07) is 3.05. The Bertz CT molecular complexity index is 457. The SMILES string of the molecule is CCCC(CC)CNC(=O)COc1c(Cl)cc(Cl)cc1Cl. The fourth-order valence-electron chi connectivity index (χ4n) is 1.97. The lowest BCUT2D eigenvalue weighted by Gasteiger charge is -2.15. The van der Waals surface area contributed by atoms with Gasteiger partial charge in [0.1, 0.15) is 0 Å². The summed E-state index contributed by atoms with van der Waals surface area (Å²) in [7, 11) is 0. The molecule has 0 aliphatic rings. The maximum absolute atomic E-state index is 11.8. The summed E-state index contributed by atoms with van der Waals surface area (Å²) in [5, 5.41) is 3.87. The first-order valence-electron chi connectivity index (χ1n) is 7.01. The standard InChI is InChI=1S/C15H20Cl3NO2/c1-3-5-10(4-2)8-19-14(20)9-21-15-12(17)6-11(16)7-13(15)18/h6-7,10H,3-5,8-9H2,1-2H3,(H,19,20). The number of benzene rings is 1. The number of carbonyl (C=O) groups is 1. The highest BCUT2D eigenvalue weighted by atomic mass is 35.5. The molecule has 1 aromatic carbocycles. The number of hydrogen-bond donors (Lipinski definition) is 1. The summed E-state index contributed by atoms with van der Waals surface area (Å²) in [5.74, 6) is 0.590. The van der Waals surface area contributed by atoms with Crippen molar-refractivity contribution in [3.05, 3.63) is 27.2 Å². The van der Waals surface area contributed by atoms with E-state index in [2.05, 4.69) is 19.2 Å². The monoisotopic (exact) mass is 351 g/mol. The summed E-state index contributed by atoms with van der Waals surface area (Å²) in [4.78, 5) is 11.8. The van der Waals surface area contributed by atoms with Crippen LogP contribution in [-0.2, 0) is 4.79 Å². The van der Waals surface area contributed by atoms with Crippen molar-refractivity contribution in [3.8, 4) is 5.75 Å². The van der Waals surface area contributed by atoms with E-state index in [1.165, 1.54) is 12.1 Å². The van der Waals surface area contributed by atoms with E-state index in [0.717, 1.165) is 19.3 Å². The summed E-state index contributed by atoms with van der Waals surface area (Å²) >= 11 is 17.8. The van der Waals surface area contributed by atoms with Crippen LogP contribution in [0.25, 0.3) is 0 Å². The van der Waals surface area contributed by atoms with Crippen molar-refractivity contribution in [1.29, 1.82) is 0 Å². The van der Waals surface area contributed by atoms with Gasteiger partial charge in [0.15, 0.2) is 12.4 Å². The molecule has 3 nitrogen and oxygen atoms in total. The number of rotatable bonds is 8. The first-order chi connectivity index (χ1) is 9.97. The summed E-state index contributed by atoms with van der Waals surface area (Å²) < 4.78 is 5.38. The van der Waals surface area contributed by atoms with Gasteiger partial charge in [-0.1, -0.05) is 61.5 Å². The van der Waals surface area contributed by atoms with Crippen molar-refractivity contribution in [3.63, 3.8) is 0 Å². The van der Waals surface area contributed by atoms with Crippen molar-refractivity contribution in [2.75, 3.05) is 13.2 Å². The van der Waals surface area contributed by atoms with Crippen molar-refractivity contribution < 1.29 is 9.53 Å². The molecular formula is C15H20Cl3NO2. The number of carbonyl (C=O) groups excluding carboxylic acids is 1. The van der Waals surface area contributed by atoms with Crippen LogP contribution in [-0.4, -0.2) is 19.1 Å². The maximum Gasteiger partial charge on any atom is 0.257 e. The highest BCUT2D eigenvalue weighted by molar-refractivity contribution is 6.40. The normalized spacial score (nSPS) is 12.0. The van der Waals surface area contributed by atoms with Gasteiger partial charge in [0.05, 0.1) is 10.0 Å². The Kier molecular flexibility index (Phi) is 8.23. The molecular weight excluding hydrogens is 333 g/mol. The first kappa shape index (κ1) is 18.4. The van der Waals surface area contributed by atoms with Gasteiger partial charge in [0.2, 0.25) is 0 Å². The molecule has 0 saturated heterocycles. The van der Waals surface area contributed by atoms with Gasteiger partial charge < -0.3 is 10.1 Å². The highest BCUT2D eigenvalue weighted by Crippen LogP contribution is 2.35. The Labute approximate surface area is 140 Å². The van der Waals surface area contributed by atoms with Crippen molar-refractivity contribution in [1.82, 2.24) is 5.32 Å². The zero-order chi connectivity index (χ0) is 15.8. The minimum atomic E-state index is -0.188. The van der Waals surface area contributed by atoms with E-state index in [4.69, 9.17) is 39.5 Å².